The number of nitrogens with one attached hydrogen (secondary N) is 1. The monoisotopic (exact) mass is 226 g/mol. The smallest absolute Gasteiger partial charge is 0.0957 e. The van der Waals surface area contributed by atoms with Crippen LogP contribution in [0.15, 0.2) is 60.7 Å². The maximum absolute atomic E-state index is 3.47. The molecule has 0 aliphatic rings. The number of anilines is 2. The normalized spacial score (nSPS) is 11.9. The van der Waals surface area contributed by atoms with E-state index in [9.17, 15) is 0 Å². The largest absolute Gasteiger partial charge is 0.365 e. The minimum atomic E-state index is 0.250. The van der Waals surface area contributed by atoms with Crippen molar-refractivity contribution in [2.45, 2.75) is 13.1 Å². The van der Waals surface area contributed by atoms with E-state index < -0.39 is 0 Å². The second-order valence-electron chi connectivity index (χ2n) is 4.13. The molecule has 2 nitrogen and oxygen atoms in total. The zero-order chi connectivity index (χ0) is 12.1. The van der Waals surface area contributed by atoms with Crippen molar-refractivity contribution in [2.75, 3.05) is 17.3 Å². The minimum absolute atomic E-state index is 0.250. The Labute approximate surface area is 103 Å². The summed E-state index contributed by atoms with van der Waals surface area (Å²) in [5.41, 5.74) is 2.35. The molecule has 88 valence electrons. The number of hydrogen-bond donors (Lipinski definition) is 1. The summed E-state index contributed by atoms with van der Waals surface area (Å²) >= 11 is 0. The molecule has 2 heteroatoms. The molecule has 0 aliphatic carbocycles. The summed E-state index contributed by atoms with van der Waals surface area (Å²) in [5, 5.41) is 3.47. The standard InChI is InChI=1S/C15H18N2/c1-13(16-14-9-5-3-6-10-14)17(2)15-11-7-4-8-12-15/h3-13,16H,1-2H3. The summed E-state index contributed by atoms with van der Waals surface area (Å²) in [5.74, 6) is 0. The van der Waals surface area contributed by atoms with Gasteiger partial charge >= 0.3 is 0 Å². The molecule has 2 aromatic carbocycles. The van der Waals surface area contributed by atoms with E-state index in [1.165, 1.54) is 5.69 Å². The average molecular weight is 226 g/mol. The maximum atomic E-state index is 3.47. The van der Waals surface area contributed by atoms with Crippen molar-refractivity contribution >= 4 is 11.4 Å². The molecule has 2 aromatic rings. The van der Waals surface area contributed by atoms with Crippen LogP contribution in [0, 0.1) is 0 Å². The molecule has 1 unspecified atom stereocenters. The van der Waals surface area contributed by atoms with Crippen molar-refractivity contribution in [1.29, 1.82) is 0 Å². The van der Waals surface area contributed by atoms with Gasteiger partial charge < -0.3 is 10.2 Å². The first-order valence-corrected chi connectivity index (χ1v) is 5.87. The van der Waals surface area contributed by atoms with Crippen LogP contribution in [0.5, 0.6) is 0 Å². The summed E-state index contributed by atoms with van der Waals surface area (Å²) in [4.78, 5) is 2.22. The quantitative estimate of drug-likeness (QED) is 0.802. The Morgan fingerprint density at radius 1 is 0.882 bits per heavy atom. The number of rotatable bonds is 4. The van der Waals surface area contributed by atoms with Crippen LogP contribution >= 0.6 is 0 Å². The Balaban J connectivity index is 2.03. The van der Waals surface area contributed by atoms with Gasteiger partial charge in [0.05, 0.1) is 6.17 Å². The highest BCUT2D eigenvalue weighted by molar-refractivity contribution is 5.50. The van der Waals surface area contributed by atoms with Gasteiger partial charge in [-0.2, -0.15) is 0 Å². The van der Waals surface area contributed by atoms with Gasteiger partial charge in [-0.25, -0.2) is 0 Å². The van der Waals surface area contributed by atoms with Crippen LogP contribution < -0.4 is 10.2 Å². The Bertz CT molecular complexity index is 439. The Morgan fingerprint density at radius 3 is 2.00 bits per heavy atom. The topological polar surface area (TPSA) is 15.3 Å². The molecule has 0 radical (unpaired) electrons. The fourth-order valence-electron chi connectivity index (χ4n) is 1.76. The van der Waals surface area contributed by atoms with Crippen LogP contribution in [0.3, 0.4) is 0 Å². The van der Waals surface area contributed by atoms with E-state index in [2.05, 4.69) is 60.6 Å². The maximum Gasteiger partial charge on any atom is 0.0957 e. The van der Waals surface area contributed by atoms with Gasteiger partial charge in [-0.05, 0) is 31.2 Å². The number of para-hydroxylation sites is 2. The third kappa shape index (κ3) is 3.00. The van der Waals surface area contributed by atoms with E-state index in [1.807, 2.05) is 24.3 Å². The minimum Gasteiger partial charge on any atom is -0.365 e. The van der Waals surface area contributed by atoms with Gasteiger partial charge in [0.15, 0.2) is 0 Å². The SMILES string of the molecule is CC(Nc1ccccc1)N(C)c1ccccc1. The van der Waals surface area contributed by atoms with E-state index in [0.29, 0.717) is 0 Å². The highest BCUT2D eigenvalue weighted by atomic mass is 15.2. The van der Waals surface area contributed by atoms with Crippen molar-refractivity contribution in [3.8, 4) is 0 Å². The van der Waals surface area contributed by atoms with Crippen molar-refractivity contribution in [2.24, 2.45) is 0 Å². The lowest BCUT2D eigenvalue weighted by Gasteiger charge is -2.28. The first-order chi connectivity index (χ1) is 8.27. The van der Waals surface area contributed by atoms with Crippen LogP contribution in [-0.4, -0.2) is 13.2 Å². The molecule has 0 amide bonds. The summed E-state index contributed by atoms with van der Waals surface area (Å²) in [6, 6.07) is 20.6. The molecule has 1 N–H and O–H groups in total. The highest BCUT2D eigenvalue weighted by Crippen LogP contribution is 2.16. The van der Waals surface area contributed by atoms with E-state index in [4.69, 9.17) is 0 Å². The van der Waals surface area contributed by atoms with Gasteiger partial charge in [-0.1, -0.05) is 36.4 Å². The van der Waals surface area contributed by atoms with Crippen LogP contribution in [0.2, 0.25) is 0 Å². The molecule has 0 aromatic heterocycles. The fraction of sp³-hybridized carbons (Fsp3) is 0.200. The first-order valence-electron chi connectivity index (χ1n) is 5.87. The molecule has 2 rings (SSSR count). The molecule has 1 atom stereocenters. The zero-order valence-corrected chi connectivity index (χ0v) is 10.3. The second-order valence-corrected chi connectivity index (χ2v) is 4.13. The lowest BCUT2D eigenvalue weighted by molar-refractivity contribution is 0.769. The van der Waals surface area contributed by atoms with Crippen molar-refractivity contribution in [3.63, 3.8) is 0 Å². The number of hydrogen-bond acceptors (Lipinski definition) is 2. The molecule has 0 saturated carbocycles. The summed E-state index contributed by atoms with van der Waals surface area (Å²) in [6.45, 7) is 2.15. The third-order valence-corrected chi connectivity index (χ3v) is 2.89. The van der Waals surface area contributed by atoms with Gasteiger partial charge in [-0.3, -0.25) is 0 Å². The average Bonchev–Trinajstić information content (AvgIpc) is 2.40. The Morgan fingerprint density at radius 2 is 1.41 bits per heavy atom. The second kappa shape index (κ2) is 5.39. The number of benzene rings is 2. The molecule has 0 heterocycles. The van der Waals surface area contributed by atoms with Gasteiger partial charge in [-0.15, -0.1) is 0 Å². The predicted octanol–water partition coefficient (Wildman–Crippen LogP) is 3.58. The van der Waals surface area contributed by atoms with Crippen LogP contribution in [0.1, 0.15) is 6.92 Å². The van der Waals surface area contributed by atoms with Crippen molar-refractivity contribution in [1.82, 2.24) is 0 Å². The predicted molar refractivity (Wildman–Crippen MR) is 74.4 cm³/mol. The van der Waals surface area contributed by atoms with Gasteiger partial charge in [0, 0.05) is 18.4 Å². The van der Waals surface area contributed by atoms with E-state index in [0.717, 1.165) is 5.69 Å². The van der Waals surface area contributed by atoms with E-state index in [-0.39, 0.29) is 6.17 Å². The molecule has 0 bridgehead atoms. The van der Waals surface area contributed by atoms with E-state index in [1.54, 1.807) is 0 Å². The molecular weight excluding hydrogens is 208 g/mol. The Hall–Kier alpha value is -1.96. The van der Waals surface area contributed by atoms with Gasteiger partial charge in [0.25, 0.3) is 0 Å². The Kier molecular flexibility index (Phi) is 3.66. The van der Waals surface area contributed by atoms with Crippen molar-refractivity contribution < 1.29 is 0 Å². The summed E-state index contributed by atoms with van der Waals surface area (Å²) < 4.78 is 0. The van der Waals surface area contributed by atoms with E-state index >= 15 is 0 Å². The third-order valence-electron chi connectivity index (χ3n) is 2.89. The van der Waals surface area contributed by atoms with Crippen LogP contribution in [0.4, 0.5) is 11.4 Å². The first kappa shape index (κ1) is 11.5. The van der Waals surface area contributed by atoms with Crippen LogP contribution in [0.25, 0.3) is 0 Å². The molecule has 0 fully saturated rings. The lowest BCUT2D eigenvalue weighted by Crippen LogP contribution is -2.35. The van der Waals surface area contributed by atoms with Crippen molar-refractivity contribution in [3.05, 3.63) is 60.7 Å². The summed E-state index contributed by atoms with van der Waals surface area (Å²) in [7, 11) is 2.09. The lowest BCUT2D eigenvalue weighted by atomic mass is 10.2. The van der Waals surface area contributed by atoms with Gasteiger partial charge in [0.1, 0.15) is 0 Å². The molecule has 0 spiro atoms. The molecule has 17 heavy (non-hydrogen) atoms. The molecule has 0 aliphatic heterocycles. The highest BCUT2D eigenvalue weighted by Gasteiger charge is 2.08. The molecular formula is C15H18N2. The molecule has 0 saturated heterocycles. The van der Waals surface area contributed by atoms with Crippen LogP contribution in [-0.2, 0) is 0 Å². The fourth-order valence-corrected chi connectivity index (χ4v) is 1.76. The van der Waals surface area contributed by atoms with Gasteiger partial charge in [0.2, 0.25) is 0 Å². The zero-order valence-electron chi connectivity index (χ0n) is 10.3. The number of nitrogens with zero attached hydrogens (tertiary/aromatic N) is 1. The summed E-state index contributed by atoms with van der Waals surface area (Å²) in [6.07, 6.45) is 0.250.